The Balaban J connectivity index is 3.39. The van der Waals surface area contributed by atoms with E-state index in [1.165, 1.54) is 6.92 Å². The molecule has 70 valence electrons. The van der Waals surface area contributed by atoms with Crippen LogP contribution in [-0.2, 0) is 0 Å². The van der Waals surface area contributed by atoms with Gasteiger partial charge in [0.1, 0.15) is 5.76 Å². The molecule has 0 aromatic carbocycles. The molecule has 0 aliphatic heterocycles. The molecule has 0 aliphatic rings. The molecule has 1 N–H and O–H groups in total. The molecule has 0 bridgehead atoms. The van der Waals surface area contributed by atoms with Crippen molar-refractivity contribution in [3.8, 4) is 0 Å². The minimum atomic E-state index is -1.15. The first-order valence-electron chi connectivity index (χ1n) is 3.79. The predicted molar refractivity (Wildman–Crippen MR) is 45.1 cm³/mol. The summed E-state index contributed by atoms with van der Waals surface area (Å²) in [4.78, 5) is 21.7. The van der Waals surface area contributed by atoms with Crippen LogP contribution < -0.4 is 0 Å². The number of ketones is 1. The van der Waals surface area contributed by atoms with Gasteiger partial charge in [-0.15, -0.1) is 0 Å². The molecule has 0 saturated heterocycles. The molecule has 0 radical (unpaired) electrons. The molecule has 0 fully saturated rings. The molecule has 4 heteroatoms. The minimum Gasteiger partial charge on any atom is -0.475 e. The highest BCUT2D eigenvalue weighted by Crippen LogP contribution is 2.21. The van der Waals surface area contributed by atoms with Crippen LogP contribution >= 0.6 is 0 Å². The second kappa shape index (κ2) is 3.05. The first-order chi connectivity index (χ1) is 5.95. The normalized spacial score (nSPS) is 10.1. The quantitative estimate of drug-likeness (QED) is 0.708. The van der Waals surface area contributed by atoms with Crippen LogP contribution in [0.1, 0.15) is 39.2 Å². The van der Waals surface area contributed by atoms with Crippen molar-refractivity contribution in [2.24, 2.45) is 0 Å². The van der Waals surface area contributed by atoms with Crippen molar-refractivity contribution in [1.29, 1.82) is 0 Å². The summed E-state index contributed by atoms with van der Waals surface area (Å²) in [5.41, 5.74) is 0.773. The lowest BCUT2D eigenvalue weighted by atomic mass is 10.1. The third-order valence-electron chi connectivity index (χ3n) is 1.87. The number of furan rings is 1. The topological polar surface area (TPSA) is 67.5 Å². The molecule has 0 amide bonds. The second-order valence-corrected chi connectivity index (χ2v) is 2.85. The van der Waals surface area contributed by atoms with Crippen molar-refractivity contribution >= 4 is 11.8 Å². The summed E-state index contributed by atoms with van der Waals surface area (Å²) in [5.74, 6) is -1.11. The predicted octanol–water partition coefficient (Wildman–Crippen LogP) is 1.80. The molecule has 13 heavy (non-hydrogen) atoms. The maximum Gasteiger partial charge on any atom is 0.372 e. The molecule has 1 rings (SSSR count). The number of carbonyl (C=O) groups excluding carboxylic acids is 1. The number of carbonyl (C=O) groups is 2. The third-order valence-corrected chi connectivity index (χ3v) is 1.87. The summed E-state index contributed by atoms with van der Waals surface area (Å²) in [7, 11) is 0. The van der Waals surface area contributed by atoms with E-state index in [2.05, 4.69) is 0 Å². The first-order valence-corrected chi connectivity index (χ1v) is 3.79. The van der Waals surface area contributed by atoms with Crippen LogP contribution in [-0.4, -0.2) is 16.9 Å². The largest absolute Gasteiger partial charge is 0.475 e. The van der Waals surface area contributed by atoms with Crippen LogP contribution in [0.5, 0.6) is 0 Å². The zero-order valence-electron chi connectivity index (χ0n) is 7.67. The number of carboxylic acids is 1. The van der Waals surface area contributed by atoms with E-state index in [0.717, 1.165) is 0 Å². The van der Waals surface area contributed by atoms with Crippen molar-refractivity contribution in [3.05, 3.63) is 22.6 Å². The Morgan fingerprint density at radius 3 is 2.08 bits per heavy atom. The van der Waals surface area contributed by atoms with E-state index in [9.17, 15) is 9.59 Å². The van der Waals surface area contributed by atoms with Crippen molar-refractivity contribution in [3.63, 3.8) is 0 Å². The number of hydrogen-bond acceptors (Lipinski definition) is 3. The highest BCUT2D eigenvalue weighted by molar-refractivity contribution is 5.99. The molecule has 4 nitrogen and oxygen atoms in total. The second-order valence-electron chi connectivity index (χ2n) is 2.85. The van der Waals surface area contributed by atoms with Gasteiger partial charge in [-0.3, -0.25) is 4.79 Å². The summed E-state index contributed by atoms with van der Waals surface area (Å²) in [5, 5.41) is 8.68. The van der Waals surface area contributed by atoms with E-state index in [1.54, 1.807) is 13.8 Å². The average molecular weight is 182 g/mol. The zero-order valence-corrected chi connectivity index (χ0v) is 7.67. The van der Waals surface area contributed by atoms with Gasteiger partial charge in [0.05, 0.1) is 5.56 Å². The molecule has 0 saturated carbocycles. The summed E-state index contributed by atoms with van der Waals surface area (Å²) < 4.78 is 4.95. The van der Waals surface area contributed by atoms with E-state index in [-0.39, 0.29) is 11.5 Å². The standard InChI is InChI=1S/C9H10O4/c1-4-7(5(2)10)6(3)13-8(4)9(11)12/h1-3H3,(H,11,12). The molecular formula is C9H10O4. The summed E-state index contributed by atoms with van der Waals surface area (Å²) in [6.07, 6.45) is 0. The number of carboxylic acid groups (broad SMARTS) is 1. The molecule has 0 unspecified atom stereocenters. The fourth-order valence-electron chi connectivity index (χ4n) is 1.37. The highest BCUT2D eigenvalue weighted by Gasteiger charge is 2.21. The van der Waals surface area contributed by atoms with Gasteiger partial charge in [0, 0.05) is 5.56 Å². The van der Waals surface area contributed by atoms with E-state index in [0.29, 0.717) is 16.9 Å². The van der Waals surface area contributed by atoms with Gasteiger partial charge in [0.2, 0.25) is 5.76 Å². The monoisotopic (exact) mass is 182 g/mol. The van der Waals surface area contributed by atoms with Gasteiger partial charge in [-0.1, -0.05) is 0 Å². The lowest BCUT2D eigenvalue weighted by molar-refractivity contribution is 0.0659. The molecule has 1 aromatic rings. The lowest BCUT2D eigenvalue weighted by Crippen LogP contribution is -1.99. The number of aryl methyl sites for hydroxylation is 1. The molecular weight excluding hydrogens is 172 g/mol. The Kier molecular flexibility index (Phi) is 2.23. The van der Waals surface area contributed by atoms with Gasteiger partial charge in [0.25, 0.3) is 0 Å². The Morgan fingerprint density at radius 2 is 1.85 bits per heavy atom. The molecule has 1 heterocycles. The van der Waals surface area contributed by atoms with Gasteiger partial charge in [-0.25, -0.2) is 4.79 Å². The Hall–Kier alpha value is -1.58. The fraction of sp³-hybridized carbons (Fsp3) is 0.333. The number of rotatable bonds is 2. The average Bonchev–Trinajstić information content (AvgIpc) is 2.26. The lowest BCUT2D eigenvalue weighted by Gasteiger charge is -1.91. The fourth-order valence-corrected chi connectivity index (χ4v) is 1.37. The highest BCUT2D eigenvalue weighted by atomic mass is 16.4. The van der Waals surface area contributed by atoms with Crippen molar-refractivity contribution in [2.45, 2.75) is 20.8 Å². The van der Waals surface area contributed by atoms with Gasteiger partial charge in [-0.05, 0) is 20.8 Å². The van der Waals surface area contributed by atoms with Gasteiger partial charge >= 0.3 is 5.97 Å². The SMILES string of the molecule is CC(=O)c1c(C)oc(C(=O)O)c1C. The van der Waals surface area contributed by atoms with E-state index in [1.807, 2.05) is 0 Å². The number of aromatic carboxylic acids is 1. The Bertz CT molecular complexity index is 373. The summed E-state index contributed by atoms with van der Waals surface area (Å²) >= 11 is 0. The van der Waals surface area contributed by atoms with Crippen molar-refractivity contribution in [1.82, 2.24) is 0 Å². The number of Topliss-reactive ketones (excluding diaryl/α,β-unsaturated/α-hetero) is 1. The molecule has 0 spiro atoms. The van der Waals surface area contributed by atoms with Crippen LogP contribution in [0.25, 0.3) is 0 Å². The van der Waals surface area contributed by atoms with Crippen molar-refractivity contribution < 1.29 is 19.1 Å². The smallest absolute Gasteiger partial charge is 0.372 e. The van der Waals surface area contributed by atoms with E-state index < -0.39 is 5.97 Å². The van der Waals surface area contributed by atoms with Crippen LogP contribution in [0.3, 0.4) is 0 Å². The van der Waals surface area contributed by atoms with Crippen LogP contribution in [0.2, 0.25) is 0 Å². The summed E-state index contributed by atoms with van der Waals surface area (Å²) in [6.45, 7) is 4.53. The van der Waals surface area contributed by atoms with E-state index in [4.69, 9.17) is 9.52 Å². The first kappa shape index (κ1) is 9.51. The molecule has 0 atom stereocenters. The Labute approximate surface area is 75.2 Å². The van der Waals surface area contributed by atoms with Gasteiger partial charge in [-0.2, -0.15) is 0 Å². The number of hydrogen-bond donors (Lipinski definition) is 1. The third kappa shape index (κ3) is 1.47. The molecule has 1 aromatic heterocycles. The maximum atomic E-state index is 11.1. The van der Waals surface area contributed by atoms with E-state index >= 15 is 0 Å². The van der Waals surface area contributed by atoms with Crippen LogP contribution in [0.4, 0.5) is 0 Å². The summed E-state index contributed by atoms with van der Waals surface area (Å²) in [6, 6.07) is 0. The van der Waals surface area contributed by atoms with Crippen LogP contribution in [0.15, 0.2) is 4.42 Å². The van der Waals surface area contributed by atoms with Crippen LogP contribution in [0, 0.1) is 13.8 Å². The Morgan fingerprint density at radius 1 is 1.31 bits per heavy atom. The maximum absolute atomic E-state index is 11.1. The van der Waals surface area contributed by atoms with Gasteiger partial charge in [0.15, 0.2) is 5.78 Å². The molecule has 0 aliphatic carbocycles. The zero-order chi connectivity index (χ0) is 10.2. The van der Waals surface area contributed by atoms with Gasteiger partial charge < -0.3 is 9.52 Å². The van der Waals surface area contributed by atoms with Crippen molar-refractivity contribution in [2.75, 3.05) is 0 Å². The minimum absolute atomic E-state index is 0.150.